The van der Waals surface area contributed by atoms with Gasteiger partial charge >= 0.3 is 22.4 Å². The van der Waals surface area contributed by atoms with Crippen LogP contribution in [-0.4, -0.2) is 11.7 Å². The van der Waals surface area contributed by atoms with Crippen LogP contribution in [-0.2, 0) is 22.4 Å². The molecule has 0 aromatic heterocycles. The van der Waals surface area contributed by atoms with Gasteiger partial charge in [-0.2, -0.15) is 0 Å². The van der Waals surface area contributed by atoms with E-state index < -0.39 is 0 Å². The van der Waals surface area contributed by atoms with Gasteiger partial charge in [0.2, 0.25) is 0 Å². The largest absolute Gasteiger partial charge is 5.00 e. The van der Waals surface area contributed by atoms with Crippen molar-refractivity contribution in [3.8, 4) is 0 Å². The molecular weight excluding hydrogens is 245 g/mol. The van der Waals surface area contributed by atoms with Gasteiger partial charge in [0, 0.05) is 6.61 Å². The van der Waals surface area contributed by atoms with Gasteiger partial charge in [-0.15, -0.1) is 0 Å². The minimum absolute atomic E-state index is 0. The van der Waals surface area contributed by atoms with Crippen LogP contribution >= 0.6 is 0 Å². The normalized spacial score (nSPS) is 7.00. The maximum absolute atomic E-state index is 8.07. The maximum atomic E-state index is 8.07. The number of aliphatic hydroxyl groups is 1. The van der Waals surface area contributed by atoms with E-state index in [4.69, 9.17) is 5.11 Å². The van der Waals surface area contributed by atoms with Crippen LogP contribution in [0.25, 0.3) is 0 Å². The first-order valence-electron chi connectivity index (χ1n) is 2.02. The molecule has 1 N–H and O–H groups in total. The Kier molecular flexibility index (Phi) is 15.1. The van der Waals surface area contributed by atoms with Crippen LogP contribution in [0.2, 0.25) is 0 Å². The summed E-state index contributed by atoms with van der Waals surface area (Å²) in [4.78, 5) is 0. The van der Waals surface area contributed by atoms with E-state index in [9.17, 15) is 0 Å². The second-order valence-corrected chi connectivity index (χ2v) is 1.08. The van der Waals surface area contributed by atoms with E-state index in [1.54, 1.807) is 0 Å². The Bertz CT molecular complexity index is 15.0. The monoisotopic (exact) mass is 255 g/mol. The minimum atomic E-state index is 0. The molecule has 0 aliphatic rings. The van der Waals surface area contributed by atoms with Gasteiger partial charge < -0.3 is 5.11 Å². The van der Waals surface area contributed by atoms with Crippen LogP contribution < -0.4 is 0 Å². The Hall–Kier alpha value is 0.700. The molecule has 0 saturated heterocycles. The van der Waals surface area contributed by atoms with Gasteiger partial charge in [-0.1, -0.05) is 13.3 Å². The average molecular weight is 255 g/mol. The molecule has 0 fully saturated rings. The summed E-state index contributed by atoms with van der Waals surface area (Å²) in [5.74, 6) is 0. The van der Waals surface area contributed by atoms with Crippen LogP contribution in [0.4, 0.5) is 0 Å². The van der Waals surface area contributed by atoms with Gasteiger partial charge in [-0.3, -0.25) is 0 Å². The van der Waals surface area contributed by atoms with Crippen molar-refractivity contribution < 1.29 is 27.5 Å². The van der Waals surface area contributed by atoms with E-state index in [1.165, 1.54) is 0 Å². The summed E-state index contributed by atoms with van der Waals surface area (Å²) < 4.78 is 0. The Balaban J connectivity index is 0. The quantitative estimate of drug-likeness (QED) is 0.773. The van der Waals surface area contributed by atoms with E-state index in [0.29, 0.717) is 6.61 Å². The summed E-state index contributed by atoms with van der Waals surface area (Å²) in [7, 11) is 0. The molecular formula is C4H10OTa+5. The fraction of sp³-hybridized carbons (Fsp3) is 1.00. The van der Waals surface area contributed by atoms with Crippen molar-refractivity contribution >= 4 is 0 Å². The van der Waals surface area contributed by atoms with Gasteiger partial charge in [0.1, 0.15) is 0 Å². The average Bonchev–Trinajstić information content (AvgIpc) is 1.41. The number of rotatable bonds is 2. The molecule has 32 valence electrons. The summed E-state index contributed by atoms with van der Waals surface area (Å²) in [6.45, 7) is 2.40. The minimum Gasteiger partial charge on any atom is -0.396 e. The number of unbranched alkanes of at least 4 members (excludes halogenated alkanes) is 1. The smallest absolute Gasteiger partial charge is 0.396 e. The standard InChI is InChI=1S/C4H10O.Ta/c1-2-3-4-5;/h5H,2-4H2,1H3;/q;+5. The number of hydrogen-bond acceptors (Lipinski definition) is 1. The van der Waals surface area contributed by atoms with Crippen LogP contribution in [0.5, 0.6) is 0 Å². The van der Waals surface area contributed by atoms with Gasteiger partial charge in [-0.25, -0.2) is 0 Å². The first-order chi connectivity index (χ1) is 2.41. The van der Waals surface area contributed by atoms with Crippen LogP contribution in [0, 0.1) is 0 Å². The van der Waals surface area contributed by atoms with Crippen molar-refractivity contribution in [1.29, 1.82) is 0 Å². The van der Waals surface area contributed by atoms with Gasteiger partial charge in [0.25, 0.3) is 0 Å². The molecule has 0 aromatic carbocycles. The zero-order chi connectivity index (χ0) is 4.12. The molecule has 1 nitrogen and oxygen atoms in total. The molecule has 0 unspecified atom stereocenters. The molecule has 0 aromatic rings. The molecule has 2 heteroatoms. The number of hydrogen-bond donors (Lipinski definition) is 1. The fourth-order valence-corrected chi connectivity index (χ4v) is 0.158. The second-order valence-electron chi connectivity index (χ2n) is 1.08. The predicted octanol–water partition coefficient (Wildman–Crippen LogP) is 0.776. The third-order valence-corrected chi connectivity index (χ3v) is 0.512. The van der Waals surface area contributed by atoms with Crippen molar-refractivity contribution in [2.45, 2.75) is 19.8 Å². The molecule has 0 heterocycles. The first-order valence-corrected chi connectivity index (χ1v) is 2.02. The first kappa shape index (κ1) is 9.85. The van der Waals surface area contributed by atoms with E-state index in [1.807, 2.05) is 0 Å². The molecule has 0 amide bonds. The third kappa shape index (κ3) is 8.83. The Labute approximate surface area is 54.3 Å². The predicted molar refractivity (Wildman–Crippen MR) is 22.0 cm³/mol. The zero-order valence-electron chi connectivity index (χ0n) is 4.02. The van der Waals surface area contributed by atoms with Crippen LogP contribution in [0.15, 0.2) is 0 Å². The summed E-state index contributed by atoms with van der Waals surface area (Å²) >= 11 is 0. The van der Waals surface area contributed by atoms with E-state index in [-0.39, 0.29) is 22.4 Å². The molecule has 0 bridgehead atoms. The van der Waals surface area contributed by atoms with Gasteiger partial charge in [0.05, 0.1) is 0 Å². The van der Waals surface area contributed by atoms with E-state index in [0.717, 1.165) is 12.8 Å². The van der Waals surface area contributed by atoms with Crippen LogP contribution in [0.3, 0.4) is 0 Å². The summed E-state index contributed by atoms with van der Waals surface area (Å²) in [5, 5.41) is 8.07. The molecule has 0 spiro atoms. The molecule has 0 radical (unpaired) electrons. The fourth-order valence-electron chi connectivity index (χ4n) is 0.158. The van der Waals surface area contributed by atoms with E-state index in [2.05, 4.69) is 6.92 Å². The molecule has 0 atom stereocenters. The molecule has 0 aliphatic heterocycles. The Morgan fingerprint density at radius 3 is 2.00 bits per heavy atom. The summed E-state index contributed by atoms with van der Waals surface area (Å²) in [6.07, 6.45) is 2.04. The second kappa shape index (κ2) is 9.20. The van der Waals surface area contributed by atoms with Crippen molar-refractivity contribution in [3.05, 3.63) is 0 Å². The molecule has 0 aliphatic carbocycles. The van der Waals surface area contributed by atoms with Crippen LogP contribution in [0.1, 0.15) is 19.8 Å². The van der Waals surface area contributed by atoms with Gasteiger partial charge in [0.15, 0.2) is 0 Å². The Morgan fingerprint density at radius 1 is 1.50 bits per heavy atom. The Morgan fingerprint density at radius 2 is 2.00 bits per heavy atom. The molecule has 0 saturated carbocycles. The van der Waals surface area contributed by atoms with Crippen molar-refractivity contribution in [3.63, 3.8) is 0 Å². The maximum Gasteiger partial charge on any atom is 5.00 e. The third-order valence-electron chi connectivity index (χ3n) is 0.512. The summed E-state index contributed by atoms with van der Waals surface area (Å²) in [5.41, 5.74) is 0. The van der Waals surface area contributed by atoms with Crippen molar-refractivity contribution in [1.82, 2.24) is 0 Å². The van der Waals surface area contributed by atoms with Crippen molar-refractivity contribution in [2.24, 2.45) is 0 Å². The molecule has 6 heavy (non-hydrogen) atoms. The van der Waals surface area contributed by atoms with E-state index >= 15 is 0 Å². The zero-order valence-corrected chi connectivity index (χ0v) is 7.23. The number of aliphatic hydroxyl groups excluding tert-OH is 1. The summed E-state index contributed by atoms with van der Waals surface area (Å²) in [6, 6.07) is 0. The van der Waals surface area contributed by atoms with Crippen molar-refractivity contribution in [2.75, 3.05) is 6.61 Å². The molecule has 0 rings (SSSR count). The topological polar surface area (TPSA) is 20.2 Å². The van der Waals surface area contributed by atoms with Gasteiger partial charge in [-0.05, 0) is 6.42 Å². The SMILES string of the molecule is CCCCO.[Ta+5].